The maximum atomic E-state index is 2.29. The third-order valence-corrected chi connectivity index (χ3v) is 2.94. The topological polar surface area (TPSA) is 3.24 Å². The molecule has 1 aliphatic rings. The second-order valence-electron chi connectivity index (χ2n) is 4.45. The smallest absolute Gasteiger partial charge is 0.00247 e. The van der Waals surface area contributed by atoms with Crippen molar-refractivity contribution in [1.29, 1.82) is 0 Å². The molecule has 12 heavy (non-hydrogen) atoms. The molecule has 1 heteroatoms. The van der Waals surface area contributed by atoms with Gasteiger partial charge in [-0.05, 0) is 39.4 Å². The Morgan fingerprint density at radius 1 is 1.08 bits per heavy atom. The standard InChI is InChI=1S/C11H23N/c1-12(2)10-6-9-11-7-4-3-5-8-11/h11H,3-10H2,1-2H3. The van der Waals surface area contributed by atoms with Gasteiger partial charge in [-0.3, -0.25) is 0 Å². The number of nitrogens with zero attached hydrogens (tertiary/aromatic N) is 1. The molecule has 0 aromatic heterocycles. The number of rotatable bonds is 4. The Balaban J connectivity index is 1.98. The first-order valence-electron chi connectivity index (χ1n) is 5.44. The molecule has 0 atom stereocenters. The summed E-state index contributed by atoms with van der Waals surface area (Å²) in [6, 6.07) is 0. The summed E-state index contributed by atoms with van der Waals surface area (Å²) in [6.45, 7) is 1.27. The molecule has 0 aromatic rings. The Kier molecular flexibility index (Phi) is 4.67. The van der Waals surface area contributed by atoms with E-state index >= 15 is 0 Å². The maximum absolute atomic E-state index is 2.29. The van der Waals surface area contributed by atoms with Crippen LogP contribution >= 0.6 is 0 Å². The van der Waals surface area contributed by atoms with Gasteiger partial charge in [-0.15, -0.1) is 0 Å². The zero-order valence-electron chi connectivity index (χ0n) is 8.68. The summed E-state index contributed by atoms with van der Waals surface area (Å²) in [5, 5.41) is 0. The highest BCUT2D eigenvalue weighted by molar-refractivity contribution is 4.65. The van der Waals surface area contributed by atoms with E-state index in [2.05, 4.69) is 19.0 Å². The average molecular weight is 169 g/mol. The number of hydrogen-bond acceptors (Lipinski definition) is 1. The molecule has 72 valence electrons. The van der Waals surface area contributed by atoms with Crippen LogP contribution in [0.25, 0.3) is 0 Å². The van der Waals surface area contributed by atoms with E-state index in [-0.39, 0.29) is 0 Å². The molecule has 0 bridgehead atoms. The van der Waals surface area contributed by atoms with Crippen LogP contribution in [0, 0.1) is 5.92 Å². The van der Waals surface area contributed by atoms with Gasteiger partial charge in [0.2, 0.25) is 0 Å². The molecule has 0 amide bonds. The Morgan fingerprint density at radius 3 is 2.33 bits per heavy atom. The third kappa shape index (κ3) is 4.10. The Bertz CT molecular complexity index is 104. The summed E-state index contributed by atoms with van der Waals surface area (Å²) in [7, 11) is 4.34. The van der Waals surface area contributed by atoms with Crippen LogP contribution in [0.5, 0.6) is 0 Å². The second kappa shape index (κ2) is 5.58. The van der Waals surface area contributed by atoms with E-state index < -0.39 is 0 Å². The molecule has 0 unspecified atom stereocenters. The highest BCUT2D eigenvalue weighted by Gasteiger charge is 2.12. The summed E-state index contributed by atoms with van der Waals surface area (Å²) in [5.74, 6) is 1.07. The zero-order chi connectivity index (χ0) is 8.81. The normalized spacial score (nSPS) is 20.2. The molecule has 1 nitrogen and oxygen atoms in total. The Hall–Kier alpha value is -0.0400. The van der Waals surface area contributed by atoms with Crippen LogP contribution in [0.4, 0.5) is 0 Å². The van der Waals surface area contributed by atoms with Crippen molar-refractivity contribution < 1.29 is 0 Å². The lowest BCUT2D eigenvalue weighted by atomic mass is 9.86. The van der Waals surface area contributed by atoms with Crippen LogP contribution in [0.1, 0.15) is 44.9 Å². The van der Waals surface area contributed by atoms with Crippen LogP contribution in [-0.2, 0) is 0 Å². The molecule has 0 heterocycles. The Morgan fingerprint density at radius 2 is 1.75 bits per heavy atom. The summed E-state index contributed by atoms with van der Waals surface area (Å²) >= 11 is 0. The molecule has 1 fully saturated rings. The van der Waals surface area contributed by atoms with Crippen molar-refractivity contribution in [3.05, 3.63) is 0 Å². The van der Waals surface area contributed by atoms with Crippen molar-refractivity contribution in [3.63, 3.8) is 0 Å². The van der Waals surface area contributed by atoms with Crippen LogP contribution in [0.3, 0.4) is 0 Å². The second-order valence-corrected chi connectivity index (χ2v) is 4.45. The van der Waals surface area contributed by atoms with Crippen LogP contribution in [-0.4, -0.2) is 25.5 Å². The minimum absolute atomic E-state index is 1.07. The van der Waals surface area contributed by atoms with Gasteiger partial charge in [0.25, 0.3) is 0 Å². The molecule has 1 aliphatic carbocycles. The van der Waals surface area contributed by atoms with Crippen LogP contribution in [0.15, 0.2) is 0 Å². The first-order valence-corrected chi connectivity index (χ1v) is 5.44. The summed E-state index contributed by atoms with van der Waals surface area (Å²) in [6.07, 6.45) is 10.4. The van der Waals surface area contributed by atoms with Gasteiger partial charge in [-0.25, -0.2) is 0 Å². The molecule has 0 N–H and O–H groups in total. The molecule has 0 spiro atoms. The van der Waals surface area contributed by atoms with Gasteiger partial charge in [0, 0.05) is 0 Å². The lowest BCUT2D eigenvalue weighted by Crippen LogP contribution is -2.15. The van der Waals surface area contributed by atoms with Crippen molar-refractivity contribution in [3.8, 4) is 0 Å². The highest BCUT2D eigenvalue weighted by Crippen LogP contribution is 2.27. The van der Waals surface area contributed by atoms with E-state index in [1.807, 2.05) is 0 Å². The van der Waals surface area contributed by atoms with Gasteiger partial charge in [0.05, 0.1) is 0 Å². The summed E-state index contributed by atoms with van der Waals surface area (Å²) in [4.78, 5) is 2.29. The van der Waals surface area contributed by atoms with E-state index in [1.54, 1.807) is 0 Å². The predicted octanol–water partition coefficient (Wildman–Crippen LogP) is 2.91. The van der Waals surface area contributed by atoms with Crippen LogP contribution < -0.4 is 0 Å². The first kappa shape index (κ1) is 10.0. The first-order chi connectivity index (χ1) is 5.79. The van der Waals surface area contributed by atoms with Crippen molar-refractivity contribution in [2.45, 2.75) is 44.9 Å². The fourth-order valence-electron chi connectivity index (χ4n) is 2.17. The van der Waals surface area contributed by atoms with Gasteiger partial charge in [-0.2, -0.15) is 0 Å². The molecule has 0 saturated heterocycles. The summed E-state index contributed by atoms with van der Waals surface area (Å²) < 4.78 is 0. The quantitative estimate of drug-likeness (QED) is 0.625. The lowest BCUT2D eigenvalue weighted by Gasteiger charge is -2.21. The van der Waals surface area contributed by atoms with E-state index in [0.29, 0.717) is 0 Å². The predicted molar refractivity (Wildman–Crippen MR) is 54.4 cm³/mol. The van der Waals surface area contributed by atoms with E-state index in [0.717, 1.165) is 5.92 Å². The van der Waals surface area contributed by atoms with Gasteiger partial charge in [0.1, 0.15) is 0 Å². The third-order valence-electron chi connectivity index (χ3n) is 2.94. The molecule has 0 aliphatic heterocycles. The highest BCUT2D eigenvalue weighted by atomic mass is 15.0. The SMILES string of the molecule is CN(C)CCCC1CCCCC1. The number of hydrogen-bond donors (Lipinski definition) is 0. The van der Waals surface area contributed by atoms with E-state index in [9.17, 15) is 0 Å². The van der Waals surface area contributed by atoms with E-state index in [4.69, 9.17) is 0 Å². The van der Waals surface area contributed by atoms with Gasteiger partial charge in [0.15, 0.2) is 0 Å². The molecular formula is C11H23N. The molecule has 1 saturated carbocycles. The maximum Gasteiger partial charge on any atom is -0.00247 e. The lowest BCUT2D eigenvalue weighted by molar-refractivity contribution is 0.307. The Labute approximate surface area is 77.1 Å². The fourth-order valence-corrected chi connectivity index (χ4v) is 2.17. The van der Waals surface area contributed by atoms with Crippen molar-refractivity contribution in [2.75, 3.05) is 20.6 Å². The van der Waals surface area contributed by atoms with Crippen molar-refractivity contribution in [1.82, 2.24) is 4.90 Å². The van der Waals surface area contributed by atoms with Crippen LogP contribution in [0.2, 0.25) is 0 Å². The monoisotopic (exact) mass is 169 g/mol. The largest absolute Gasteiger partial charge is 0.309 e. The molecule has 0 aromatic carbocycles. The van der Waals surface area contributed by atoms with Crippen molar-refractivity contribution in [2.24, 2.45) is 5.92 Å². The van der Waals surface area contributed by atoms with Gasteiger partial charge in [-0.1, -0.05) is 32.1 Å². The molecule has 0 radical (unpaired) electrons. The average Bonchev–Trinajstić information content (AvgIpc) is 2.05. The van der Waals surface area contributed by atoms with Gasteiger partial charge < -0.3 is 4.90 Å². The minimum Gasteiger partial charge on any atom is -0.309 e. The van der Waals surface area contributed by atoms with Gasteiger partial charge >= 0.3 is 0 Å². The molecular weight excluding hydrogens is 146 g/mol. The minimum atomic E-state index is 1.07. The van der Waals surface area contributed by atoms with E-state index in [1.165, 1.54) is 51.5 Å². The zero-order valence-corrected chi connectivity index (χ0v) is 8.68. The summed E-state index contributed by atoms with van der Waals surface area (Å²) in [5.41, 5.74) is 0. The molecule has 1 rings (SSSR count). The fraction of sp³-hybridized carbons (Fsp3) is 1.00. The van der Waals surface area contributed by atoms with Crippen molar-refractivity contribution >= 4 is 0 Å².